The van der Waals surface area contributed by atoms with Crippen LogP contribution in [0.5, 0.6) is 0 Å². The number of halogens is 1. The molecule has 6 nitrogen and oxygen atoms in total. The van der Waals surface area contributed by atoms with E-state index in [0.717, 1.165) is 11.8 Å². The van der Waals surface area contributed by atoms with Gasteiger partial charge in [0.2, 0.25) is 5.91 Å². The SMILES string of the molecule is COC(=O)c1cc(Br)ncc1N1CC(SC(C)=O)CC1=O. The molecule has 21 heavy (non-hydrogen) atoms. The van der Waals surface area contributed by atoms with Crippen molar-refractivity contribution in [2.75, 3.05) is 18.6 Å². The van der Waals surface area contributed by atoms with Crippen LogP contribution in [-0.2, 0) is 14.3 Å². The molecular formula is C13H13BrN2O4S. The molecule has 0 spiro atoms. The molecule has 1 aromatic rings. The van der Waals surface area contributed by atoms with Crippen molar-refractivity contribution >= 4 is 50.4 Å². The van der Waals surface area contributed by atoms with Gasteiger partial charge in [0.15, 0.2) is 5.12 Å². The van der Waals surface area contributed by atoms with E-state index in [1.807, 2.05) is 0 Å². The highest BCUT2D eigenvalue weighted by Crippen LogP contribution is 2.31. The molecule has 0 saturated carbocycles. The lowest BCUT2D eigenvalue weighted by atomic mass is 10.2. The number of thioether (sulfide) groups is 1. The molecule has 1 aliphatic heterocycles. The van der Waals surface area contributed by atoms with Crippen LogP contribution in [0.3, 0.4) is 0 Å². The van der Waals surface area contributed by atoms with Gasteiger partial charge < -0.3 is 9.64 Å². The number of hydrogen-bond acceptors (Lipinski definition) is 6. The Labute approximate surface area is 134 Å². The summed E-state index contributed by atoms with van der Waals surface area (Å²) in [6.45, 7) is 1.84. The number of amides is 1. The van der Waals surface area contributed by atoms with Crippen molar-refractivity contribution in [3.63, 3.8) is 0 Å². The van der Waals surface area contributed by atoms with E-state index in [4.69, 9.17) is 4.74 Å². The van der Waals surface area contributed by atoms with Crippen molar-refractivity contribution < 1.29 is 19.1 Å². The van der Waals surface area contributed by atoms with Crippen LogP contribution in [0.1, 0.15) is 23.7 Å². The minimum absolute atomic E-state index is 0.0308. The van der Waals surface area contributed by atoms with Crippen LogP contribution in [0.25, 0.3) is 0 Å². The van der Waals surface area contributed by atoms with Crippen LogP contribution < -0.4 is 4.90 Å². The second kappa shape index (κ2) is 6.57. The fraction of sp³-hybridized carbons (Fsp3) is 0.385. The van der Waals surface area contributed by atoms with Gasteiger partial charge >= 0.3 is 5.97 Å². The molecule has 1 saturated heterocycles. The van der Waals surface area contributed by atoms with Gasteiger partial charge in [-0.2, -0.15) is 0 Å². The Bertz CT molecular complexity index is 608. The number of nitrogens with zero attached hydrogens (tertiary/aromatic N) is 2. The summed E-state index contributed by atoms with van der Waals surface area (Å²) in [4.78, 5) is 40.7. The fourth-order valence-electron chi connectivity index (χ4n) is 2.13. The first-order valence-electron chi connectivity index (χ1n) is 6.13. The molecule has 112 valence electrons. The number of methoxy groups -OCH3 is 1. The fourth-order valence-corrected chi connectivity index (χ4v) is 3.38. The molecule has 1 aliphatic rings. The summed E-state index contributed by atoms with van der Waals surface area (Å²) in [5, 5.41) is -0.138. The van der Waals surface area contributed by atoms with E-state index in [2.05, 4.69) is 20.9 Å². The Morgan fingerprint density at radius 3 is 2.86 bits per heavy atom. The third kappa shape index (κ3) is 3.62. The number of ether oxygens (including phenoxy) is 1. The van der Waals surface area contributed by atoms with Crippen LogP contribution in [-0.4, -0.2) is 40.9 Å². The normalized spacial score (nSPS) is 18.0. The van der Waals surface area contributed by atoms with Gasteiger partial charge in [-0.05, 0) is 22.0 Å². The first kappa shape index (κ1) is 16.0. The summed E-state index contributed by atoms with van der Waals surface area (Å²) in [5.74, 6) is -0.674. The third-order valence-corrected chi connectivity index (χ3v) is 4.38. The van der Waals surface area contributed by atoms with Crippen molar-refractivity contribution in [1.82, 2.24) is 4.98 Å². The molecule has 8 heteroatoms. The summed E-state index contributed by atoms with van der Waals surface area (Å²) in [6, 6.07) is 1.51. The van der Waals surface area contributed by atoms with Gasteiger partial charge in [-0.25, -0.2) is 9.78 Å². The van der Waals surface area contributed by atoms with E-state index < -0.39 is 5.97 Å². The van der Waals surface area contributed by atoms with Gasteiger partial charge in [0.1, 0.15) is 4.60 Å². The van der Waals surface area contributed by atoms with E-state index in [9.17, 15) is 14.4 Å². The van der Waals surface area contributed by atoms with E-state index in [-0.39, 0.29) is 28.3 Å². The van der Waals surface area contributed by atoms with Crippen molar-refractivity contribution in [2.24, 2.45) is 0 Å². The van der Waals surface area contributed by atoms with Crippen LogP contribution in [0.15, 0.2) is 16.9 Å². The Kier molecular flexibility index (Phi) is 5.00. The summed E-state index contributed by atoms with van der Waals surface area (Å²) < 4.78 is 5.21. The number of aromatic nitrogens is 1. The smallest absolute Gasteiger partial charge is 0.340 e. The number of hydrogen-bond donors (Lipinski definition) is 0. The molecule has 2 rings (SSSR count). The summed E-state index contributed by atoms with van der Waals surface area (Å²) in [7, 11) is 1.28. The lowest BCUT2D eigenvalue weighted by molar-refractivity contribution is -0.117. The largest absolute Gasteiger partial charge is 0.465 e. The lowest BCUT2D eigenvalue weighted by Crippen LogP contribution is -2.27. The minimum Gasteiger partial charge on any atom is -0.465 e. The molecule has 0 bridgehead atoms. The molecule has 2 heterocycles. The minimum atomic E-state index is -0.538. The predicted molar refractivity (Wildman–Crippen MR) is 82.3 cm³/mol. The average molecular weight is 373 g/mol. The number of esters is 1. The van der Waals surface area contributed by atoms with Crippen molar-refractivity contribution in [2.45, 2.75) is 18.6 Å². The second-order valence-electron chi connectivity index (χ2n) is 4.46. The molecular weight excluding hydrogens is 360 g/mol. The highest BCUT2D eigenvalue weighted by Gasteiger charge is 2.34. The molecule has 1 amide bonds. The number of anilines is 1. The van der Waals surface area contributed by atoms with E-state index in [1.165, 1.54) is 31.2 Å². The van der Waals surface area contributed by atoms with Gasteiger partial charge in [0.25, 0.3) is 0 Å². The zero-order valence-corrected chi connectivity index (χ0v) is 13.9. The van der Waals surface area contributed by atoms with Gasteiger partial charge in [-0.15, -0.1) is 0 Å². The molecule has 0 N–H and O–H groups in total. The summed E-state index contributed by atoms with van der Waals surface area (Å²) in [6.07, 6.45) is 1.72. The average Bonchev–Trinajstić information content (AvgIpc) is 2.77. The van der Waals surface area contributed by atoms with E-state index >= 15 is 0 Å². The highest BCUT2D eigenvalue weighted by molar-refractivity contribution is 9.10. The Morgan fingerprint density at radius 2 is 2.24 bits per heavy atom. The first-order chi connectivity index (χ1) is 9.92. The molecule has 1 atom stereocenters. The first-order valence-corrected chi connectivity index (χ1v) is 7.81. The molecule has 0 aromatic carbocycles. The predicted octanol–water partition coefficient (Wildman–Crippen LogP) is 2.02. The Morgan fingerprint density at radius 1 is 1.52 bits per heavy atom. The number of carbonyl (C=O) groups is 3. The second-order valence-corrected chi connectivity index (χ2v) is 6.75. The molecule has 1 fully saturated rings. The standard InChI is InChI=1S/C13H13BrN2O4S/c1-7(17)21-8-3-12(18)16(6-8)10-5-15-11(14)4-9(10)13(19)20-2/h4-5,8H,3,6H2,1-2H3. The quantitative estimate of drug-likeness (QED) is 0.596. The highest BCUT2D eigenvalue weighted by atomic mass is 79.9. The maximum absolute atomic E-state index is 12.1. The topological polar surface area (TPSA) is 76.6 Å². The molecule has 1 aromatic heterocycles. The maximum Gasteiger partial charge on any atom is 0.340 e. The van der Waals surface area contributed by atoms with Crippen LogP contribution >= 0.6 is 27.7 Å². The Balaban J connectivity index is 2.31. The van der Waals surface area contributed by atoms with Crippen molar-refractivity contribution in [1.29, 1.82) is 0 Å². The van der Waals surface area contributed by atoms with Crippen LogP contribution in [0.4, 0.5) is 5.69 Å². The molecule has 0 radical (unpaired) electrons. The van der Waals surface area contributed by atoms with Gasteiger partial charge in [0, 0.05) is 25.1 Å². The lowest BCUT2D eigenvalue weighted by Gasteiger charge is -2.19. The van der Waals surface area contributed by atoms with Crippen LogP contribution in [0, 0.1) is 0 Å². The zero-order chi connectivity index (χ0) is 15.6. The van der Waals surface area contributed by atoms with Crippen LogP contribution in [0.2, 0.25) is 0 Å². The Hall–Kier alpha value is -1.41. The van der Waals surface area contributed by atoms with Gasteiger partial charge in [0.05, 0.1) is 24.6 Å². The number of rotatable bonds is 3. The van der Waals surface area contributed by atoms with E-state index in [0.29, 0.717) is 16.8 Å². The zero-order valence-electron chi connectivity index (χ0n) is 11.5. The molecule has 1 unspecified atom stereocenters. The summed E-state index contributed by atoms with van der Waals surface area (Å²) >= 11 is 4.33. The monoisotopic (exact) mass is 372 g/mol. The number of carbonyl (C=O) groups excluding carboxylic acids is 3. The van der Waals surface area contributed by atoms with Crippen molar-refractivity contribution in [3.8, 4) is 0 Å². The third-order valence-electron chi connectivity index (χ3n) is 2.97. The van der Waals surface area contributed by atoms with E-state index in [1.54, 1.807) is 0 Å². The summed E-state index contributed by atoms with van der Waals surface area (Å²) in [5.41, 5.74) is 0.669. The van der Waals surface area contributed by atoms with Gasteiger partial charge in [-0.1, -0.05) is 11.8 Å². The van der Waals surface area contributed by atoms with Crippen molar-refractivity contribution in [3.05, 3.63) is 22.4 Å². The molecule has 0 aliphatic carbocycles. The number of pyridine rings is 1. The maximum atomic E-state index is 12.1. The van der Waals surface area contributed by atoms with Gasteiger partial charge in [-0.3, -0.25) is 9.59 Å².